The summed E-state index contributed by atoms with van der Waals surface area (Å²) in [5.74, 6) is 0.579. The Morgan fingerprint density at radius 1 is 1.25 bits per heavy atom. The van der Waals surface area contributed by atoms with Crippen molar-refractivity contribution in [1.82, 2.24) is 4.72 Å². The highest BCUT2D eigenvalue weighted by atomic mass is 32.2. The van der Waals surface area contributed by atoms with Crippen LogP contribution in [-0.2, 0) is 14.8 Å². The fraction of sp³-hybridized carbons (Fsp3) is 0.538. The number of hydrogen-bond donors (Lipinski definition) is 2. The second-order valence-corrected chi connectivity index (χ2v) is 5.94. The Morgan fingerprint density at radius 3 is 2.40 bits per heavy atom. The molecular weight excluding hydrogens is 282 g/mol. The molecule has 1 unspecified atom stereocenters. The van der Waals surface area contributed by atoms with Gasteiger partial charge in [0.1, 0.15) is 12.4 Å². The lowest BCUT2D eigenvalue weighted by atomic mass is 10.3. The van der Waals surface area contributed by atoms with Gasteiger partial charge in [-0.3, -0.25) is 0 Å². The van der Waals surface area contributed by atoms with Crippen molar-refractivity contribution in [3.63, 3.8) is 0 Å². The van der Waals surface area contributed by atoms with Crippen LogP contribution >= 0.6 is 0 Å². The molecule has 0 radical (unpaired) electrons. The van der Waals surface area contributed by atoms with Crippen LogP contribution in [0.4, 0.5) is 0 Å². The van der Waals surface area contributed by atoms with Crippen molar-refractivity contribution in [2.45, 2.75) is 24.3 Å². The molecule has 2 N–H and O–H groups in total. The first-order chi connectivity index (χ1) is 9.53. The third-order valence-electron chi connectivity index (χ3n) is 2.73. The van der Waals surface area contributed by atoms with E-state index in [2.05, 4.69) is 4.72 Å². The van der Waals surface area contributed by atoms with Gasteiger partial charge in [0.2, 0.25) is 10.0 Å². The van der Waals surface area contributed by atoms with Crippen molar-refractivity contribution in [2.24, 2.45) is 0 Å². The predicted molar refractivity (Wildman–Crippen MR) is 75.3 cm³/mol. The van der Waals surface area contributed by atoms with Gasteiger partial charge in [-0.25, -0.2) is 13.1 Å². The number of nitrogens with one attached hydrogen (secondary N) is 1. The quantitative estimate of drug-likeness (QED) is 0.658. The molecule has 1 rings (SSSR count). The van der Waals surface area contributed by atoms with Gasteiger partial charge >= 0.3 is 0 Å². The molecule has 7 heteroatoms. The van der Waals surface area contributed by atoms with Crippen LogP contribution < -0.4 is 9.46 Å². The normalized spacial score (nSPS) is 13.2. The Balaban J connectivity index is 2.71. The average Bonchev–Trinajstić information content (AvgIpc) is 2.45. The van der Waals surface area contributed by atoms with Gasteiger partial charge < -0.3 is 14.6 Å². The number of methoxy groups -OCH3 is 1. The number of aliphatic hydroxyl groups excluding tert-OH is 1. The van der Waals surface area contributed by atoms with Gasteiger partial charge in [0.25, 0.3) is 0 Å². The summed E-state index contributed by atoms with van der Waals surface area (Å²) in [7, 11) is -2.04. The van der Waals surface area contributed by atoms with Crippen molar-refractivity contribution in [3.05, 3.63) is 24.3 Å². The summed E-state index contributed by atoms with van der Waals surface area (Å²) in [5, 5.41) is 9.04. The molecule has 0 bridgehead atoms. The zero-order valence-corrected chi connectivity index (χ0v) is 12.5. The topological polar surface area (TPSA) is 84.9 Å². The van der Waals surface area contributed by atoms with E-state index in [9.17, 15) is 8.42 Å². The summed E-state index contributed by atoms with van der Waals surface area (Å²) in [6.07, 6.45) is 0.522. The Hall–Kier alpha value is -1.15. The first-order valence-corrected chi connectivity index (χ1v) is 7.86. The van der Waals surface area contributed by atoms with E-state index < -0.39 is 16.1 Å². The molecule has 0 saturated carbocycles. The van der Waals surface area contributed by atoms with Crippen LogP contribution in [0.25, 0.3) is 0 Å². The molecule has 1 atom stereocenters. The lowest BCUT2D eigenvalue weighted by Crippen LogP contribution is -2.36. The Morgan fingerprint density at radius 2 is 1.90 bits per heavy atom. The summed E-state index contributed by atoms with van der Waals surface area (Å²) >= 11 is 0. The minimum atomic E-state index is -3.62. The van der Waals surface area contributed by atoms with Gasteiger partial charge in [-0.1, -0.05) is 6.92 Å². The van der Waals surface area contributed by atoms with Crippen molar-refractivity contribution in [1.29, 1.82) is 0 Å². The monoisotopic (exact) mass is 303 g/mol. The second kappa shape index (κ2) is 8.21. The molecular formula is C13H21NO5S. The fourth-order valence-electron chi connectivity index (χ4n) is 1.50. The standard InChI is InChI=1S/C13H21NO5S/c1-3-11(10-15)14-20(16,17)13-6-4-12(5-7-13)19-9-8-18-2/h4-7,11,14-15H,3,8-10H2,1-2H3. The first kappa shape index (κ1) is 16.9. The molecule has 114 valence electrons. The number of rotatable bonds is 9. The number of sulfonamides is 1. The summed E-state index contributed by atoms with van der Waals surface area (Å²) in [6.45, 7) is 2.45. The molecule has 0 amide bonds. The smallest absolute Gasteiger partial charge is 0.240 e. The van der Waals surface area contributed by atoms with E-state index in [1.165, 1.54) is 12.1 Å². The first-order valence-electron chi connectivity index (χ1n) is 6.38. The third kappa shape index (κ3) is 5.09. The molecule has 6 nitrogen and oxygen atoms in total. The highest BCUT2D eigenvalue weighted by molar-refractivity contribution is 7.89. The maximum atomic E-state index is 12.0. The van der Waals surface area contributed by atoms with Gasteiger partial charge in [-0.2, -0.15) is 0 Å². The van der Waals surface area contributed by atoms with E-state index in [4.69, 9.17) is 14.6 Å². The van der Waals surface area contributed by atoms with Gasteiger partial charge in [-0.05, 0) is 30.7 Å². The Bertz CT molecular complexity index is 482. The van der Waals surface area contributed by atoms with Crippen molar-refractivity contribution in [2.75, 3.05) is 26.9 Å². The Kier molecular flexibility index (Phi) is 6.94. The molecule has 0 fully saturated rings. The maximum absolute atomic E-state index is 12.0. The zero-order chi connectivity index (χ0) is 15.0. The van der Waals surface area contributed by atoms with Crippen LogP contribution in [0.2, 0.25) is 0 Å². The molecule has 0 aliphatic carbocycles. The fourth-order valence-corrected chi connectivity index (χ4v) is 2.81. The average molecular weight is 303 g/mol. The number of aliphatic hydroxyl groups is 1. The third-order valence-corrected chi connectivity index (χ3v) is 4.26. The van der Waals surface area contributed by atoms with E-state index >= 15 is 0 Å². The van der Waals surface area contributed by atoms with Crippen LogP contribution in [0.5, 0.6) is 5.75 Å². The van der Waals surface area contributed by atoms with Gasteiger partial charge in [0.05, 0.1) is 18.1 Å². The summed E-state index contributed by atoms with van der Waals surface area (Å²) in [4.78, 5) is 0.142. The van der Waals surface area contributed by atoms with Crippen LogP contribution in [0.3, 0.4) is 0 Å². The maximum Gasteiger partial charge on any atom is 0.240 e. The largest absolute Gasteiger partial charge is 0.491 e. The predicted octanol–water partition coefficient (Wildman–Crippen LogP) is 0.761. The SMILES string of the molecule is CCC(CO)NS(=O)(=O)c1ccc(OCCOC)cc1. The van der Waals surface area contributed by atoms with Gasteiger partial charge in [0, 0.05) is 13.2 Å². The minimum absolute atomic E-state index is 0.142. The summed E-state index contributed by atoms with van der Waals surface area (Å²) in [5.41, 5.74) is 0. The highest BCUT2D eigenvalue weighted by Gasteiger charge is 2.18. The van der Waals surface area contributed by atoms with E-state index in [1.54, 1.807) is 26.2 Å². The second-order valence-electron chi connectivity index (χ2n) is 4.22. The number of hydrogen-bond acceptors (Lipinski definition) is 5. The number of ether oxygens (including phenoxy) is 2. The van der Waals surface area contributed by atoms with E-state index in [0.717, 1.165) is 0 Å². The van der Waals surface area contributed by atoms with E-state index in [-0.39, 0.29) is 11.5 Å². The molecule has 1 aromatic rings. The molecule has 20 heavy (non-hydrogen) atoms. The van der Waals surface area contributed by atoms with E-state index in [1.807, 2.05) is 0 Å². The molecule has 1 aromatic carbocycles. The van der Waals surface area contributed by atoms with Crippen LogP contribution in [0, 0.1) is 0 Å². The summed E-state index contributed by atoms with van der Waals surface area (Å²) < 4.78 is 36.8. The lowest BCUT2D eigenvalue weighted by Gasteiger charge is -2.14. The van der Waals surface area contributed by atoms with Gasteiger partial charge in [0.15, 0.2) is 0 Å². The summed E-state index contributed by atoms with van der Waals surface area (Å²) in [6, 6.07) is 5.63. The molecule has 0 heterocycles. The van der Waals surface area contributed by atoms with Crippen LogP contribution in [0.1, 0.15) is 13.3 Å². The van der Waals surface area contributed by atoms with Crippen molar-refractivity contribution in [3.8, 4) is 5.75 Å². The molecule has 0 aromatic heterocycles. The van der Waals surface area contributed by atoms with Crippen LogP contribution in [0.15, 0.2) is 29.2 Å². The van der Waals surface area contributed by atoms with Crippen LogP contribution in [-0.4, -0.2) is 46.5 Å². The molecule has 0 saturated heterocycles. The van der Waals surface area contributed by atoms with Gasteiger partial charge in [-0.15, -0.1) is 0 Å². The van der Waals surface area contributed by atoms with E-state index in [0.29, 0.717) is 25.4 Å². The lowest BCUT2D eigenvalue weighted by molar-refractivity contribution is 0.146. The zero-order valence-electron chi connectivity index (χ0n) is 11.7. The van der Waals surface area contributed by atoms with Crippen molar-refractivity contribution >= 4 is 10.0 Å². The molecule has 0 aliphatic heterocycles. The number of benzene rings is 1. The Labute approximate surface area is 119 Å². The molecule has 0 aliphatic rings. The molecule has 0 spiro atoms. The minimum Gasteiger partial charge on any atom is -0.491 e. The highest BCUT2D eigenvalue weighted by Crippen LogP contribution is 2.16. The van der Waals surface area contributed by atoms with Crippen molar-refractivity contribution < 1.29 is 23.0 Å².